The molecule has 0 saturated carbocycles. The molecule has 2 fully saturated rings. The molecular formula is C26H32N2O8S. The van der Waals surface area contributed by atoms with Crippen LogP contribution in [0.2, 0.25) is 0 Å². The van der Waals surface area contributed by atoms with E-state index in [4.69, 9.17) is 18.9 Å². The Labute approximate surface area is 216 Å². The molecule has 5 rings (SSSR count). The van der Waals surface area contributed by atoms with Crippen molar-refractivity contribution in [3.63, 3.8) is 0 Å². The number of fused-ring (bicyclic) bond motifs is 2. The van der Waals surface area contributed by atoms with Crippen molar-refractivity contribution in [2.24, 2.45) is 0 Å². The first-order chi connectivity index (χ1) is 17.8. The quantitative estimate of drug-likeness (QED) is 0.577. The van der Waals surface area contributed by atoms with Crippen LogP contribution >= 0.6 is 0 Å². The Hall–Kier alpha value is -2.70. The van der Waals surface area contributed by atoms with Crippen LogP contribution in [0.15, 0.2) is 47.4 Å². The molecule has 2 saturated heterocycles. The highest BCUT2D eigenvalue weighted by atomic mass is 32.2. The van der Waals surface area contributed by atoms with Crippen molar-refractivity contribution in [3.8, 4) is 11.5 Å². The van der Waals surface area contributed by atoms with Crippen LogP contribution in [-0.4, -0.2) is 74.6 Å². The lowest BCUT2D eigenvalue weighted by Gasteiger charge is -2.43. The van der Waals surface area contributed by atoms with Gasteiger partial charge < -0.3 is 29.4 Å². The van der Waals surface area contributed by atoms with Crippen molar-refractivity contribution in [1.29, 1.82) is 0 Å². The number of ether oxygens (including phenoxy) is 4. The van der Waals surface area contributed by atoms with Gasteiger partial charge in [-0.15, -0.1) is 0 Å². The monoisotopic (exact) mass is 532 g/mol. The molecule has 0 aromatic heterocycles. The number of β-amino-alcohol motifs (C(OH)–C–C–N with tert-alkyl or cyclic N) is 1. The molecule has 37 heavy (non-hydrogen) atoms. The Balaban J connectivity index is 1.22. The molecule has 0 bridgehead atoms. The number of carbonyl (C=O) groups excluding carboxylic acids is 1. The lowest BCUT2D eigenvalue weighted by molar-refractivity contribution is -0.146. The minimum absolute atomic E-state index is 0.00713. The summed E-state index contributed by atoms with van der Waals surface area (Å²) in [6.07, 6.45) is -0.703. The van der Waals surface area contributed by atoms with E-state index in [9.17, 15) is 18.3 Å². The van der Waals surface area contributed by atoms with E-state index < -0.39 is 28.3 Å². The van der Waals surface area contributed by atoms with E-state index in [1.54, 1.807) is 24.3 Å². The van der Waals surface area contributed by atoms with Gasteiger partial charge in [-0.1, -0.05) is 23.8 Å². The maximum absolute atomic E-state index is 13.6. The number of hydrogen-bond acceptors (Lipinski definition) is 8. The van der Waals surface area contributed by atoms with E-state index in [1.165, 1.54) is 4.31 Å². The molecule has 3 aliphatic rings. The van der Waals surface area contributed by atoms with E-state index in [-0.39, 0.29) is 49.9 Å². The number of aliphatic hydroxyl groups excluding tert-OH is 1. The highest BCUT2D eigenvalue weighted by Crippen LogP contribution is 2.33. The summed E-state index contributed by atoms with van der Waals surface area (Å²) in [4.78, 5) is 12.8. The highest BCUT2D eigenvalue weighted by molar-refractivity contribution is 7.89. The lowest BCUT2D eigenvalue weighted by Crippen LogP contribution is -2.57. The van der Waals surface area contributed by atoms with Gasteiger partial charge in [-0.3, -0.25) is 4.79 Å². The molecule has 0 radical (unpaired) electrons. The number of rotatable bonds is 6. The lowest BCUT2D eigenvalue weighted by atomic mass is 9.96. The Kier molecular flexibility index (Phi) is 7.68. The number of aryl methyl sites for hydroxylation is 1. The van der Waals surface area contributed by atoms with Crippen molar-refractivity contribution < 1.29 is 37.3 Å². The summed E-state index contributed by atoms with van der Waals surface area (Å²) in [5, 5.41) is 13.3. The van der Waals surface area contributed by atoms with Crippen LogP contribution in [0.1, 0.15) is 30.4 Å². The van der Waals surface area contributed by atoms with E-state index in [2.05, 4.69) is 5.32 Å². The van der Waals surface area contributed by atoms with Gasteiger partial charge in [0.15, 0.2) is 11.5 Å². The fourth-order valence-corrected chi connectivity index (χ4v) is 6.66. The minimum Gasteiger partial charge on any atom is -0.454 e. The number of sulfonamides is 1. The van der Waals surface area contributed by atoms with Gasteiger partial charge in [0.2, 0.25) is 22.7 Å². The Bertz CT molecular complexity index is 1220. The third-order valence-corrected chi connectivity index (χ3v) is 8.81. The van der Waals surface area contributed by atoms with Gasteiger partial charge in [0, 0.05) is 13.1 Å². The van der Waals surface area contributed by atoms with Crippen LogP contribution in [0, 0.1) is 6.92 Å². The molecule has 0 unspecified atom stereocenters. The smallest absolute Gasteiger partial charge is 0.243 e. The predicted octanol–water partition coefficient (Wildman–Crippen LogP) is 1.73. The maximum Gasteiger partial charge on any atom is 0.243 e. The summed E-state index contributed by atoms with van der Waals surface area (Å²) in [6.45, 7) is 2.49. The van der Waals surface area contributed by atoms with Crippen LogP contribution in [0.5, 0.6) is 11.5 Å². The van der Waals surface area contributed by atoms with Crippen LogP contribution in [0.4, 0.5) is 0 Å². The zero-order valence-corrected chi connectivity index (χ0v) is 21.5. The van der Waals surface area contributed by atoms with Gasteiger partial charge >= 0.3 is 0 Å². The van der Waals surface area contributed by atoms with Crippen LogP contribution in [0.3, 0.4) is 0 Å². The Morgan fingerprint density at radius 2 is 1.86 bits per heavy atom. The molecule has 0 aliphatic carbocycles. The molecule has 2 aromatic rings. The topological polar surface area (TPSA) is 124 Å². The Morgan fingerprint density at radius 3 is 2.68 bits per heavy atom. The predicted molar refractivity (Wildman–Crippen MR) is 133 cm³/mol. The summed E-state index contributed by atoms with van der Waals surface area (Å²) in [5.41, 5.74) is 1.85. The second kappa shape index (κ2) is 11.0. The molecule has 2 aromatic carbocycles. The SMILES string of the molecule is Cc1ccc(S(=O)(=O)N2C[C@@H](O)COC[C@@H]3O[C@H](CC(=O)NCc4ccc5c(c4)OCO5)CC[C@H]32)cc1. The molecule has 1 amide bonds. The van der Waals surface area contributed by atoms with Gasteiger partial charge in [-0.2, -0.15) is 4.31 Å². The number of hydrogen-bond donors (Lipinski definition) is 2. The van der Waals surface area contributed by atoms with E-state index in [0.717, 1.165) is 11.1 Å². The number of amides is 1. The largest absolute Gasteiger partial charge is 0.454 e. The number of nitrogens with one attached hydrogen (secondary N) is 1. The third-order valence-electron chi connectivity index (χ3n) is 6.90. The standard InChI is InChI=1S/C26H32N2O8S/c1-17-2-6-21(7-3-17)37(31,32)28-13-19(29)14-33-15-25-22(28)8-5-20(36-25)11-26(30)27-12-18-4-9-23-24(10-18)35-16-34-23/h2-4,6-7,9-10,19-20,22,25,29H,5,8,11-16H2,1H3,(H,27,30)/t19-,20+,22-,25+/m1/s1. The Morgan fingerprint density at radius 1 is 1.08 bits per heavy atom. The van der Waals surface area contributed by atoms with Crippen molar-refractivity contribution in [3.05, 3.63) is 53.6 Å². The van der Waals surface area contributed by atoms with Crippen LogP contribution in [-0.2, 0) is 30.8 Å². The van der Waals surface area contributed by atoms with Crippen molar-refractivity contribution in [2.75, 3.05) is 26.6 Å². The first-order valence-electron chi connectivity index (χ1n) is 12.4. The van der Waals surface area contributed by atoms with Crippen molar-refractivity contribution >= 4 is 15.9 Å². The summed E-state index contributed by atoms with van der Waals surface area (Å²) in [7, 11) is -3.87. The molecule has 11 heteroatoms. The fraction of sp³-hybridized carbons (Fsp3) is 0.500. The van der Waals surface area contributed by atoms with E-state index >= 15 is 0 Å². The zero-order valence-electron chi connectivity index (χ0n) is 20.7. The molecular weight excluding hydrogens is 500 g/mol. The average molecular weight is 533 g/mol. The first kappa shape index (κ1) is 25.9. The summed E-state index contributed by atoms with van der Waals surface area (Å²) < 4.78 is 51.0. The first-order valence-corrected chi connectivity index (χ1v) is 13.9. The number of carbonyl (C=O) groups is 1. The number of aliphatic hydroxyl groups is 1. The summed E-state index contributed by atoms with van der Waals surface area (Å²) in [6, 6.07) is 11.7. The fourth-order valence-electron chi connectivity index (χ4n) is 4.95. The van der Waals surface area contributed by atoms with Gasteiger partial charge in [-0.25, -0.2) is 8.42 Å². The molecule has 3 aliphatic heterocycles. The normalized spacial score (nSPS) is 26.1. The second-order valence-electron chi connectivity index (χ2n) is 9.69. The molecule has 4 atom stereocenters. The summed E-state index contributed by atoms with van der Waals surface area (Å²) >= 11 is 0. The van der Waals surface area contributed by atoms with Crippen molar-refractivity contribution in [2.45, 2.75) is 62.0 Å². The number of nitrogens with zero attached hydrogens (tertiary/aromatic N) is 1. The highest BCUT2D eigenvalue weighted by Gasteiger charge is 2.43. The minimum atomic E-state index is -3.87. The molecule has 10 nitrogen and oxygen atoms in total. The van der Waals surface area contributed by atoms with E-state index in [1.807, 2.05) is 25.1 Å². The van der Waals surface area contributed by atoms with Crippen LogP contribution in [0.25, 0.3) is 0 Å². The van der Waals surface area contributed by atoms with Gasteiger partial charge in [-0.05, 0) is 49.6 Å². The van der Waals surface area contributed by atoms with Gasteiger partial charge in [0.1, 0.15) is 0 Å². The maximum atomic E-state index is 13.6. The zero-order chi connectivity index (χ0) is 26.0. The molecule has 0 spiro atoms. The van der Waals surface area contributed by atoms with E-state index in [0.29, 0.717) is 30.9 Å². The molecule has 200 valence electrons. The summed E-state index contributed by atoms with van der Waals surface area (Å²) in [5.74, 6) is 1.19. The molecule has 3 heterocycles. The van der Waals surface area contributed by atoms with Crippen LogP contribution < -0.4 is 14.8 Å². The molecule has 2 N–H and O–H groups in total. The average Bonchev–Trinajstić information content (AvgIpc) is 3.34. The third kappa shape index (κ3) is 5.91. The van der Waals surface area contributed by atoms with Crippen molar-refractivity contribution in [1.82, 2.24) is 9.62 Å². The van der Waals surface area contributed by atoms with Gasteiger partial charge in [0.25, 0.3) is 0 Å². The number of benzene rings is 2. The second-order valence-corrected chi connectivity index (χ2v) is 11.6. The van der Waals surface area contributed by atoms with Gasteiger partial charge in [0.05, 0.1) is 48.9 Å².